The second kappa shape index (κ2) is 14.2. The predicted octanol–water partition coefficient (Wildman–Crippen LogP) is 7.98. The fourth-order valence-electron chi connectivity index (χ4n) is 3.94. The minimum Gasteiger partial charge on any atom is -0.456 e. The molecular weight excluding hydrogens is 517 g/mol. The lowest BCUT2D eigenvalue weighted by Gasteiger charge is -2.18. The summed E-state index contributed by atoms with van der Waals surface area (Å²) < 4.78 is 22.0. The molecule has 0 aliphatic carbocycles. The molecule has 5 aromatic rings. The number of carbonyl (C=O) groups excluding carboxylic acids is 1. The van der Waals surface area contributed by atoms with Crippen LogP contribution in [0.15, 0.2) is 79.4 Å². The SMILES string of the molecule is CC.CNc1cnn(C(C)(C)C)c1.Cc1cccnc1-c1ccc2nccc(Oc3ccc(CC=O)c(F)c3)c2c1. The van der Waals surface area contributed by atoms with Gasteiger partial charge in [0.25, 0.3) is 0 Å². The highest BCUT2D eigenvalue weighted by molar-refractivity contribution is 5.89. The molecule has 8 heteroatoms. The first-order valence-corrected chi connectivity index (χ1v) is 13.6. The van der Waals surface area contributed by atoms with Crippen molar-refractivity contribution in [2.75, 3.05) is 12.4 Å². The van der Waals surface area contributed by atoms with Crippen LogP contribution in [0, 0.1) is 12.7 Å². The predicted molar refractivity (Wildman–Crippen MR) is 164 cm³/mol. The molecule has 0 amide bonds. The first-order valence-electron chi connectivity index (χ1n) is 13.6. The molecule has 5 rings (SSSR count). The number of rotatable bonds is 6. The highest BCUT2D eigenvalue weighted by Gasteiger charge is 2.13. The van der Waals surface area contributed by atoms with Gasteiger partial charge in [-0.2, -0.15) is 5.10 Å². The van der Waals surface area contributed by atoms with Gasteiger partial charge in [0, 0.05) is 49.1 Å². The van der Waals surface area contributed by atoms with E-state index in [0.717, 1.165) is 33.4 Å². The van der Waals surface area contributed by atoms with Crippen LogP contribution in [-0.4, -0.2) is 33.1 Å². The molecule has 0 unspecified atom stereocenters. The van der Waals surface area contributed by atoms with E-state index in [0.29, 0.717) is 23.3 Å². The number of hydrogen-bond acceptors (Lipinski definition) is 6. The number of anilines is 1. The second-order valence-corrected chi connectivity index (χ2v) is 10.0. The maximum Gasteiger partial charge on any atom is 0.138 e. The number of halogens is 1. The number of aryl methyl sites for hydroxylation is 1. The summed E-state index contributed by atoms with van der Waals surface area (Å²) in [6, 6.07) is 16.0. The van der Waals surface area contributed by atoms with Gasteiger partial charge in [0.2, 0.25) is 0 Å². The fourth-order valence-corrected chi connectivity index (χ4v) is 3.94. The lowest BCUT2D eigenvalue weighted by Crippen LogP contribution is -2.21. The fraction of sp³-hybridized carbons (Fsp3) is 0.273. The quantitative estimate of drug-likeness (QED) is 0.214. The summed E-state index contributed by atoms with van der Waals surface area (Å²) in [6.07, 6.45) is 7.95. The van der Waals surface area contributed by atoms with Crippen molar-refractivity contribution in [3.63, 3.8) is 0 Å². The highest BCUT2D eigenvalue weighted by atomic mass is 19.1. The molecule has 41 heavy (non-hydrogen) atoms. The third-order valence-corrected chi connectivity index (χ3v) is 6.10. The molecule has 0 radical (unpaired) electrons. The van der Waals surface area contributed by atoms with Gasteiger partial charge in [-0.3, -0.25) is 14.6 Å². The van der Waals surface area contributed by atoms with Crippen molar-refractivity contribution in [1.82, 2.24) is 19.7 Å². The standard InChI is InChI=1S/C23H17FN2O2.C8H15N3.C2H6/c1-15-3-2-10-26-23(15)17-5-7-21-19(13-17)22(8-11-25-21)28-18-6-4-16(9-12-27)20(24)14-18;1-8(2,3)11-6-7(9-4)5-10-11;1-2/h2-8,10-14H,9H2,1H3;5-6,9H,1-4H3;1-2H3. The van der Waals surface area contributed by atoms with Crippen LogP contribution in [0.1, 0.15) is 45.7 Å². The summed E-state index contributed by atoms with van der Waals surface area (Å²) in [7, 11) is 1.89. The zero-order valence-corrected chi connectivity index (χ0v) is 24.8. The van der Waals surface area contributed by atoms with Crippen LogP contribution in [0.3, 0.4) is 0 Å². The van der Waals surface area contributed by atoms with Gasteiger partial charge in [0.05, 0.1) is 28.6 Å². The van der Waals surface area contributed by atoms with Crippen molar-refractivity contribution in [2.45, 2.75) is 53.5 Å². The van der Waals surface area contributed by atoms with E-state index in [1.165, 1.54) is 6.07 Å². The molecule has 2 aromatic carbocycles. The number of aromatic nitrogens is 4. The topological polar surface area (TPSA) is 81.9 Å². The summed E-state index contributed by atoms with van der Waals surface area (Å²) in [5.74, 6) is 0.467. The normalized spacial score (nSPS) is 10.6. The number of fused-ring (bicyclic) bond motifs is 1. The van der Waals surface area contributed by atoms with E-state index >= 15 is 0 Å². The van der Waals surface area contributed by atoms with E-state index in [-0.39, 0.29) is 12.0 Å². The monoisotopic (exact) mass is 555 g/mol. The van der Waals surface area contributed by atoms with Gasteiger partial charge in [-0.05, 0) is 69.2 Å². The molecule has 0 aliphatic heterocycles. The second-order valence-electron chi connectivity index (χ2n) is 10.0. The van der Waals surface area contributed by atoms with Crippen LogP contribution in [0.25, 0.3) is 22.2 Å². The van der Waals surface area contributed by atoms with Gasteiger partial charge in [-0.15, -0.1) is 0 Å². The molecule has 0 saturated carbocycles. The van der Waals surface area contributed by atoms with Gasteiger partial charge < -0.3 is 14.8 Å². The number of hydrogen-bond donors (Lipinski definition) is 1. The Bertz CT molecular complexity index is 1590. The van der Waals surface area contributed by atoms with Gasteiger partial charge in [-0.1, -0.05) is 32.0 Å². The van der Waals surface area contributed by atoms with E-state index in [1.807, 2.05) is 75.2 Å². The van der Waals surface area contributed by atoms with Crippen molar-refractivity contribution >= 4 is 22.9 Å². The van der Waals surface area contributed by atoms with Crippen LogP contribution in [0.2, 0.25) is 0 Å². The number of pyridine rings is 2. The Morgan fingerprint density at radius 1 is 1.02 bits per heavy atom. The van der Waals surface area contributed by atoms with Crippen LogP contribution in [0.4, 0.5) is 10.1 Å². The molecule has 3 aromatic heterocycles. The zero-order valence-electron chi connectivity index (χ0n) is 24.8. The molecule has 0 atom stereocenters. The number of carbonyl (C=O) groups is 1. The summed E-state index contributed by atoms with van der Waals surface area (Å²) in [5.41, 5.74) is 5.16. The van der Waals surface area contributed by atoms with Crippen LogP contribution < -0.4 is 10.1 Å². The van der Waals surface area contributed by atoms with E-state index in [1.54, 1.807) is 30.6 Å². The van der Waals surface area contributed by atoms with Gasteiger partial charge >= 0.3 is 0 Å². The number of nitrogens with zero attached hydrogens (tertiary/aromatic N) is 4. The number of benzene rings is 2. The molecule has 0 saturated heterocycles. The number of aldehydes is 1. The van der Waals surface area contributed by atoms with Crippen molar-refractivity contribution in [3.8, 4) is 22.8 Å². The lowest BCUT2D eigenvalue weighted by atomic mass is 10.0. The molecule has 0 aliphatic rings. The van der Waals surface area contributed by atoms with Gasteiger partial charge in [0.1, 0.15) is 23.6 Å². The molecule has 0 bridgehead atoms. The van der Waals surface area contributed by atoms with Crippen LogP contribution in [0.5, 0.6) is 11.5 Å². The lowest BCUT2D eigenvalue weighted by molar-refractivity contribution is -0.107. The number of nitrogens with one attached hydrogen (secondary N) is 1. The Kier molecular flexibility index (Phi) is 10.7. The summed E-state index contributed by atoms with van der Waals surface area (Å²) in [5, 5.41) is 8.06. The van der Waals surface area contributed by atoms with E-state index in [9.17, 15) is 9.18 Å². The maximum absolute atomic E-state index is 14.1. The molecule has 1 N–H and O–H groups in total. The molecule has 214 valence electrons. The van der Waals surface area contributed by atoms with E-state index < -0.39 is 5.82 Å². The van der Waals surface area contributed by atoms with Gasteiger partial charge in [0.15, 0.2) is 0 Å². The van der Waals surface area contributed by atoms with Crippen molar-refractivity contribution in [2.24, 2.45) is 0 Å². The third kappa shape index (κ3) is 7.97. The Morgan fingerprint density at radius 3 is 2.41 bits per heavy atom. The minimum atomic E-state index is -0.465. The van der Waals surface area contributed by atoms with Crippen LogP contribution in [-0.2, 0) is 16.8 Å². The number of ether oxygens (including phenoxy) is 1. The van der Waals surface area contributed by atoms with E-state index in [4.69, 9.17) is 4.74 Å². The van der Waals surface area contributed by atoms with Crippen molar-refractivity contribution < 1.29 is 13.9 Å². The largest absolute Gasteiger partial charge is 0.456 e. The summed E-state index contributed by atoms with van der Waals surface area (Å²) >= 11 is 0. The smallest absolute Gasteiger partial charge is 0.138 e. The average molecular weight is 556 g/mol. The first kappa shape index (κ1) is 30.9. The molecule has 0 spiro atoms. The Balaban J connectivity index is 0.000000299. The van der Waals surface area contributed by atoms with Crippen molar-refractivity contribution in [3.05, 3.63) is 96.3 Å². The zero-order chi connectivity index (χ0) is 30.0. The molecule has 7 nitrogen and oxygen atoms in total. The molecule has 3 heterocycles. The average Bonchev–Trinajstić information content (AvgIpc) is 3.47. The highest BCUT2D eigenvalue weighted by Crippen LogP contribution is 2.33. The first-order chi connectivity index (χ1) is 19.7. The Labute approximate surface area is 241 Å². The summed E-state index contributed by atoms with van der Waals surface area (Å²) in [6.45, 7) is 12.4. The van der Waals surface area contributed by atoms with E-state index in [2.05, 4.69) is 41.2 Å². The van der Waals surface area contributed by atoms with Crippen molar-refractivity contribution in [1.29, 1.82) is 0 Å². The summed E-state index contributed by atoms with van der Waals surface area (Å²) in [4.78, 5) is 19.5. The third-order valence-electron chi connectivity index (χ3n) is 6.10. The van der Waals surface area contributed by atoms with Crippen LogP contribution >= 0.6 is 0 Å². The van der Waals surface area contributed by atoms with Gasteiger partial charge in [-0.25, -0.2) is 4.39 Å². The minimum absolute atomic E-state index is 0.0388. The molecule has 0 fully saturated rings. The maximum atomic E-state index is 14.1. The molecular formula is C33H38FN5O2. The Morgan fingerprint density at radius 2 is 1.80 bits per heavy atom. The Hall–Kier alpha value is -4.59.